The molecule has 0 aromatic heterocycles. The Kier molecular flexibility index (Phi) is 4.79. The van der Waals surface area contributed by atoms with E-state index in [9.17, 15) is 0 Å². The van der Waals surface area contributed by atoms with Gasteiger partial charge in [-0.3, -0.25) is 4.90 Å². The fraction of sp³-hybridized carbons (Fsp3) is 0.625. The predicted octanol–water partition coefficient (Wildman–Crippen LogP) is 3.07. The number of piperazine rings is 1. The normalized spacial score (nSPS) is 23.2. The van der Waals surface area contributed by atoms with Gasteiger partial charge in [-0.1, -0.05) is 51.1 Å². The third kappa shape index (κ3) is 2.93. The second-order valence-electron chi connectivity index (χ2n) is 5.59. The quantitative estimate of drug-likeness (QED) is 0.878. The minimum atomic E-state index is 0.535. The molecule has 0 amide bonds. The van der Waals surface area contributed by atoms with Gasteiger partial charge in [0, 0.05) is 31.7 Å². The standard InChI is InChI=1S/C16H26N2/c1-4-15(13(2)3)18-11-10-17-12-16(18)14-8-6-5-7-9-14/h5-9,13,15-17H,4,10-12H2,1-3H3. The van der Waals surface area contributed by atoms with E-state index < -0.39 is 0 Å². The van der Waals surface area contributed by atoms with Crippen LogP contribution in [0, 0.1) is 5.92 Å². The minimum Gasteiger partial charge on any atom is -0.314 e. The summed E-state index contributed by atoms with van der Waals surface area (Å²) in [7, 11) is 0. The molecule has 2 atom stereocenters. The summed E-state index contributed by atoms with van der Waals surface area (Å²) in [6, 6.07) is 12.2. The highest BCUT2D eigenvalue weighted by molar-refractivity contribution is 5.20. The molecule has 2 unspecified atom stereocenters. The summed E-state index contributed by atoms with van der Waals surface area (Å²) in [6.45, 7) is 10.4. The van der Waals surface area contributed by atoms with Gasteiger partial charge in [0.25, 0.3) is 0 Å². The van der Waals surface area contributed by atoms with E-state index in [2.05, 4.69) is 61.3 Å². The monoisotopic (exact) mass is 246 g/mol. The largest absolute Gasteiger partial charge is 0.314 e. The summed E-state index contributed by atoms with van der Waals surface area (Å²) >= 11 is 0. The molecule has 1 aromatic carbocycles. The summed E-state index contributed by atoms with van der Waals surface area (Å²) in [5.41, 5.74) is 1.45. The van der Waals surface area contributed by atoms with E-state index >= 15 is 0 Å². The molecule has 2 heteroatoms. The zero-order valence-corrected chi connectivity index (χ0v) is 11.9. The Labute approximate surface area is 111 Å². The molecule has 1 fully saturated rings. The second-order valence-corrected chi connectivity index (χ2v) is 5.59. The highest BCUT2D eigenvalue weighted by Crippen LogP contribution is 2.28. The summed E-state index contributed by atoms with van der Waals surface area (Å²) in [4.78, 5) is 2.70. The molecule has 18 heavy (non-hydrogen) atoms. The molecular weight excluding hydrogens is 220 g/mol. The Morgan fingerprint density at radius 3 is 2.61 bits per heavy atom. The van der Waals surface area contributed by atoms with Crippen LogP contribution in [0.3, 0.4) is 0 Å². The molecule has 2 rings (SSSR count). The van der Waals surface area contributed by atoms with E-state index in [-0.39, 0.29) is 0 Å². The SMILES string of the molecule is CCC(C(C)C)N1CCNCC1c1ccccc1. The average molecular weight is 246 g/mol. The molecule has 2 nitrogen and oxygen atoms in total. The first-order valence-corrected chi connectivity index (χ1v) is 7.25. The van der Waals surface area contributed by atoms with Crippen LogP contribution in [0.1, 0.15) is 38.8 Å². The first-order chi connectivity index (χ1) is 8.74. The first kappa shape index (κ1) is 13.6. The van der Waals surface area contributed by atoms with Crippen LogP contribution in [0.5, 0.6) is 0 Å². The van der Waals surface area contributed by atoms with Crippen LogP contribution in [-0.2, 0) is 0 Å². The highest BCUT2D eigenvalue weighted by atomic mass is 15.2. The number of benzene rings is 1. The van der Waals surface area contributed by atoms with Gasteiger partial charge in [-0.05, 0) is 17.9 Å². The summed E-state index contributed by atoms with van der Waals surface area (Å²) in [5, 5.41) is 3.54. The van der Waals surface area contributed by atoms with E-state index in [1.165, 1.54) is 12.0 Å². The lowest BCUT2D eigenvalue weighted by Crippen LogP contribution is -2.51. The topological polar surface area (TPSA) is 15.3 Å². The number of rotatable bonds is 4. The van der Waals surface area contributed by atoms with Crippen LogP contribution >= 0.6 is 0 Å². The van der Waals surface area contributed by atoms with Gasteiger partial charge in [-0.25, -0.2) is 0 Å². The van der Waals surface area contributed by atoms with Gasteiger partial charge in [0.1, 0.15) is 0 Å². The van der Waals surface area contributed by atoms with Gasteiger partial charge < -0.3 is 5.32 Å². The maximum atomic E-state index is 3.54. The Morgan fingerprint density at radius 1 is 1.28 bits per heavy atom. The van der Waals surface area contributed by atoms with Crippen molar-refractivity contribution in [3.05, 3.63) is 35.9 Å². The van der Waals surface area contributed by atoms with Gasteiger partial charge >= 0.3 is 0 Å². The van der Waals surface area contributed by atoms with E-state index in [0.717, 1.165) is 25.6 Å². The molecule has 1 heterocycles. The molecule has 1 aliphatic heterocycles. The van der Waals surface area contributed by atoms with E-state index in [1.807, 2.05) is 0 Å². The molecular formula is C16H26N2. The lowest BCUT2D eigenvalue weighted by molar-refractivity contribution is 0.0759. The molecule has 1 N–H and O–H groups in total. The number of nitrogens with one attached hydrogen (secondary N) is 1. The van der Waals surface area contributed by atoms with Crippen molar-refractivity contribution in [1.29, 1.82) is 0 Å². The second kappa shape index (κ2) is 6.35. The molecule has 1 saturated heterocycles. The molecule has 0 saturated carbocycles. The van der Waals surface area contributed by atoms with Crippen LogP contribution < -0.4 is 5.32 Å². The Balaban J connectivity index is 2.20. The number of hydrogen-bond donors (Lipinski definition) is 1. The van der Waals surface area contributed by atoms with E-state index in [0.29, 0.717) is 12.1 Å². The Hall–Kier alpha value is -0.860. The van der Waals surface area contributed by atoms with Crippen molar-refractivity contribution >= 4 is 0 Å². The van der Waals surface area contributed by atoms with Gasteiger partial charge in [0.15, 0.2) is 0 Å². The van der Waals surface area contributed by atoms with E-state index in [4.69, 9.17) is 0 Å². The average Bonchev–Trinajstić information content (AvgIpc) is 2.41. The third-order valence-electron chi connectivity index (χ3n) is 4.08. The smallest absolute Gasteiger partial charge is 0.0476 e. The Bertz CT molecular complexity index is 347. The highest BCUT2D eigenvalue weighted by Gasteiger charge is 2.30. The van der Waals surface area contributed by atoms with Crippen molar-refractivity contribution < 1.29 is 0 Å². The van der Waals surface area contributed by atoms with E-state index in [1.54, 1.807) is 0 Å². The fourth-order valence-electron chi connectivity index (χ4n) is 3.19. The third-order valence-corrected chi connectivity index (χ3v) is 4.08. The zero-order valence-electron chi connectivity index (χ0n) is 11.9. The van der Waals surface area contributed by atoms with Crippen molar-refractivity contribution in [2.45, 2.75) is 39.3 Å². The molecule has 100 valence electrons. The molecule has 0 bridgehead atoms. The number of nitrogens with zero attached hydrogens (tertiary/aromatic N) is 1. The first-order valence-electron chi connectivity index (χ1n) is 7.25. The van der Waals surface area contributed by atoms with Gasteiger partial charge in [0.05, 0.1) is 0 Å². The molecule has 0 aliphatic carbocycles. The van der Waals surface area contributed by atoms with Crippen LogP contribution in [0.2, 0.25) is 0 Å². The summed E-state index contributed by atoms with van der Waals surface area (Å²) in [6.07, 6.45) is 1.24. The molecule has 1 aliphatic rings. The van der Waals surface area contributed by atoms with Gasteiger partial charge in [0.2, 0.25) is 0 Å². The lowest BCUT2D eigenvalue weighted by atomic mass is 9.94. The van der Waals surface area contributed by atoms with Crippen molar-refractivity contribution in [3.63, 3.8) is 0 Å². The van der Waals surface area contributed by atoms with Crippen LogP contribution in [0.4, 0.5) is 0 Å². The lowest BCUT2D eigenvalue weighted by Gasteiger charge is -2.43. The molecule has 1 aromatic rings. The van der Waals surface area contributed by atoms with Gasteiger partial charge in [-0.2, -0.15) is 0 Å². The van der Waals surface area contributed by atoms with Crippen LogP contribution in [0.25, 0.3) is 0 Å². The minimum absolute atomic E-state index is 0.535. The predicted molar refractivity (Wildman–Crippen MR) is 77.7 cm³/mol. The van der Waals surface area contributed by atoms with Crippen molar-refractivity contribution in [2.24, 2.45) is 5.92 Å². The summed E-state index contributed by atoms with van der Waals surface area (Å²) in [5.74, 6) is 0.722. The molecule has 0 spiro atoms. The van der Waals surface area contributed by atoms with Crippen LogP contribution in [-0.4, -0.2) is 30.6 Å². The van der Waals surface area contributed by atoms with Gasteiger partial charge in [-0.15, -0.1) is 0 Å². The number of hydrogen-bond acceptors (Lipinski definition) is 2. The maximum absolute atomic E-state index is 3.54. The van der Waals surface area contributed by atoms with Crippen LogP contribution in [0.15, 0.2) is 30.3 Å². The summed E-state index contributed by atoms with van der Waals surface area (Å²) < 4.78 is 0. The fourth-order valence-corrected chi connectivity index (χ4v) is 3.19. The zero-order chi connectivity index (χ0) is 13.0. The van der Waals surface area contributed by atoms with Crippen molar-refractivity contribution in [2.75, 3.05) is 19.6 Å². The maximum Gasteiger partial charge on any atom is 0.0476 e. The Morgan fingerprint density at radius 2 is 2.00 bits per heavy atom. The molecule has 0 radical (unpaired) electrons. The van der Waals surface area contributed by atoms with Crippen molar-refractivity contribution in [1.82, 2.24) is 10.2 Å². The van der Waals surface area contributed by atoms with Crippen molar-refractivity contribution in [3.8, 4) is 0 Å².